The number of hydrogen-bond acceptors (Lipinski definition) is 4. The first-order valence-corrected chi connectivity index (χ1v) is 8.21. The van der Waals surface area contributed by atoms with Crippen LogP contribution in [-0.4, -0.2) is 57.3 Å². The van der Waals surface area contributed by atoms with Crippen molar-refractivity contribution in [1.82, 2.24) is 15.5 Å². The Balaban J connectivity index is 0.00000312. The van der Waals surface area contributed by atoms with E-state index in [0.29, 0.717) is 12.5 Å². The average molecular weight is 462 g/mol. The minimum atomic E-state index is -0.0247. The molecular formula is C17H27IN4O3. The Hall–Kier alpha value is -1.71. The van der Waals surface area contributed by atoms with Crippen molar-refractivity contribution in [2.24, 2.45) is 4.99 Å². The Morgan fingerprint density at radius 3 is 2.64 bits per heavy atom. The topological polar surface area (TPSA) is 75.2 Å². The SMILES string of the molecule is CCCNC(=NCC(=O)N(C)C)NCCc1ccc2c(c1)OCO2.I. The van der Waals surface area contributed by atoms with Crippen LogP contribution in [0.15, 0.2) is 23.2 Å². The van der Waals surface area contributed by atoms with E-state index in [1.54, 1.807) is 14.1 Å². The molecule has 8 heteroatoms. The number of hydrogen-bond donors (Lipinski definition) is 2. The van der Waals surface area contributed by atoms with E-state index in [2.05, 4.69) is 22.5 Å². The number of carbonyl (C=O) groups excluding carboxylic acids is 1. The molecular weight excluding hydrogens is 435 g/mol. The van der Waals surface area contributed by atoms with Crippen molar-refractivity contribution < 1.29 is 14.3 Å². The molecule has 1 amide bonds. The molecule has 7 nitrogen and oxygen atoms in total. The number of aliphatic imine (C=N–C) groups is 1. The lowest BCUT2D eigenvalue weighted by Crippen LogP contribution is -2.39. The first-order chi connectivity index (χ1) is 11.6. The van der Waals surface area contributed by atoms with Gasteiger partial charge in [0.15, 0.2) is 17.5 Å². The number of ether oxygens (including phenoxy) is 2. The maximum atomic E-state index is 11.7. The lowest BCUT2D eigenvalue weighted by atomic mass is 10.1. The minimum absolute atomic E-state index is 0. The van der Waals surface area contributed by atoms with E-state index in [9.17, 15) is 4.79 Å². The smallest absolute Gasteiger partial charge is 0.243 e. The number of likely N-dealkylation sites (N-methyl/N-ethyl adjacent to an activating group) is 1. The van der Waals surface area contributed by atoms with Gasteiger partial charge in [0.1, 0.15) is 6.54 Å². The summed E-state index contributed by atoms with van der Waals surface area (Å²) in [4.78, 5) is 17.5. The van der Waals surface area contributed by atoms with Gasteiger partial charge >= 0.3 is 0 Å². The third-order valence-electron chi connectivity index (χ3n) is 3.56. The van der Waals surface area contributed by atoms with E-state index in [4.69, 9.17) is 9.47 Å². The van der Waals surface area contributed by atoms with E-state index < -0.39 is 0 Å². The number of amides is 1. The van der Waals surface area contributed by atoms with Gasteiger partial charge < -0.3 is 25.0 Å². The van der Waals surface area contributed by atoms with Gasteiger partial charge in [0.25, 0.3) is 0 Å². The zero-order valence-corrected chi connectivity index (χ0v) is 17.3. The predicted molar refractivity (Wildman–Crippen MR) is 109 cm³/mol. The van der Waals surface area contributed by atoms with Gasteiger partial charge in [-0.1, -0.05) is 13.0 Å². The molecule has 0 atom stereocenters. The number of halogens is 1. The third kappa shape index (κ3) is 6.97. The summed E-state index contributed by atoms with van der Waals surface area (Å²) in [6.45, 7) is 4.03. The number of rotatable bonds is 7. The fraction of sp³-hybridized carbons (Fsp3) is 0.529. The van der Waals surface area contributed by atoms with Crippen LogP contribution in [0.25, 0.3) is 0 Å². The molecule has 1 aliphatic rings. The lowest BCUT2D eigenvalue weighted by Gasteiger charge is -2.13. The van der Waals surface area contributed by atoms with Crippen molar-refractivity contribution in [3.8, 4) is 11.5 Å². The van der Waals surface area contributed by atoms with Crippen LogP contribution in [0.3, 0.4) is 0 Å². The van der Waals surface area contributed by atoms with Crippen molar-refractivity contribution in [3.05, 3.63) is 23.8 Å². The molecule has 1 aliphatic heterocycles. The van der Waals surface area contributed by atoms with Gasteiger partial charge in [-0.15, -0.1) is 24.0 Å². The van der Waals surface area contributed by atoms with Gasteiger partial charge in [0.2, 0.25) is 12.7 Å². The van der Waals surface area contributed by atoms with Crippen molar-refractivity contribution in [2.45, 2.75) is 19.8 Å². The van der Waals surface area contributed by atoms with Gasteiger partial charge in [-0.3, -0.25) is 4.79 Å². The van der Waals surface area contributed by atoms with Crippen molar-refractivity contribution >= 4 is 35.8 Å². The summed E-state index contributed by atoms with van der Waals surface area (Å²) in [5.41, 5.74) is 1.16. The molecule has 2 rings (SSSR count). The number of carbonyl (C=O) groups is 1. The van der Waals surface area contributed by atoms with Crippen LogP contribution >= 0.6 is 24.0 Å². The molecule has 0 saturated heterocycles. The molecule has 0 bridgehead atoms. The second-order valence-corrected chi connectivity index (χ2v) is 5.74. The fourth-order valence-electron chi connectivity index (χ4n) is 2.13. The van der Waals surface area contributed by atoms with E-state index >= 15 is 0 Å². The van der Waals surface area contributed by atoms with Crippen LogP contribution in [0.5, 0.6) is 11.5 Å². The van der Waals surface area contributed by atoms with E-state index in [-0.39, 0.29) is 43.2 Å². The highest BCUT2D eigenvalue weighted by Gasteiger charge is 2.13. The first kappa shape index (κ1) is 21.3. The van der Waals surface area contributed by atoms with E-state index in [1.165, 1.54) is 4.90 Å². The number of nitrogens with one attached hydrogen (secondary N) is 2. The van der Waals surface area contributed by atoms with Gasteiger partial charge in [0, 0.05) is 27.2 Å². The van der Waals surface area contributed by atoms with E-state index in [0.717, 1.165) is 36.4 Å². The molecule has 0 spiro atoms. The Bertz CT molecular complexity index is 593. The maximum Gasteiger partial charge on any atom is 0.243 e. The average Bonchev–Trinajstić information content (AvgIpc) is 3.04. The highest BCUT2D eigenvalue weighted by Crippen LogP contribution is 2.32. The molecule has 1 aromatic carbocycles. The summed E-state index contributed by atoms with van der Waals surface area (Å²) in [5.74, 6) is 2.22. The van der Waals surface area contributed by atoms with Crippen molar-refractivity contribution in [3.63, 3.8) is 0 Å². The Morgan fingerprint density at radius 2 is 1.92 bits per heavy atom. The van der Waals surface area contributed by atoms with Crippen molar-refractivity contribution in [2.75, 3.05) is 40.5 Å². The second-order valence-electron chi connectivity index (χ2n) is 5.74. The highest BCUT2D eigenvalue weighted by molar-refractivity contribution is 14.0. The molecule has 0 aromatic heterocycles. The van der Waals surface area contributed by atoms with E-state index in [1.807, 2.05) is 18.2 Å². The van der Waals surface area contributed by atoms with Gasteiger partial charge in [0.05, 0.1) is 0 Å². The highest BCUT2D eigenvalue weighted by atomic mass is 127. The molecule has 1 heterocycles. The first-order valence-electron chi connectivity index (χ1n) is 8.21. The monoisotopic (exact) mass is 462 g/mol. The molecule has 0 aliphatic carbocycles. The third-order valence-corrected chi connectivity index (χ3v) is 3.56. The quantitative estimate of drug-likeness (QED) is 0.366. The molecule has 0 fully saturated rings. The fourth-order valence-corrected chi connectivity index (χ4v) is 2.13. The molecule has 0 saturated carbocycles. The van der Waals surface area contributed by atoms with Gasteiger partial charge in [-0.25, -0.2) is 4.99 Å². The Morgan fingerprint density at radius 1 is 1.20 bits per heavy atom. The zero-order chi connectivity index (χ0) is 17.4. The predicted octanol–water partition coefficient (Wildman–Crippen LogP) is 1.61. The van der Waals surface area contributed by atoms with Gasteiger partial charge in [-0.2, -0.15) is 0 Å². The van der Waals surface area contributed by atoms with Gasteiger partial charge in [-0.05, 0) is 30.5 Å². The number of fused-ring (bicyclic) bond motifs is 1. The largest absolute Gasteiger partial charge is 0.454 e. The summed E-state index contributed by atoms with van der Waals surface area (Å²) in [6, 6.07) is 5.95. The molecule has 1 aromatic rings. The normalized spacial score (nSPS) is 12.4. The number of benzene rings is 1. The van der Waals surface area contributed by atoms with Crippen molar-refractivity contribution in [1.29, 1.82) is 0 Å². The Labute approximate surface area is 166 Å². The molecule has 25 heavy (non-hydrogen) atoms. The summed E-state index contributed by atoms with van der Waals surface area (Å²) >= 11 is 0. The number of guanidine groups is 1. The lowest BCUT2D eigenvalue weighted by molar-refractivity contribution is -0.127. The van der Waals surface area contributed by atoms with Crippen LogP contribution in [0.4, 0.5) is 0 Å². The maximum absolute atomic E-state index is 11.7. The summed E-state index contributed by atoms with van der Waals surface area (Å²) in [7, 11) is 3.45. The Kier molecular flexibility index (Phi) is 9.40. The summed E-state index contributed by atoms with van der Waals surface area (Å²) in [5, 5.41) is 6.48. The molecule has 0 unspecified atom stereocenters. The zero-order valence-electron chi connectivity index (χ0n) is 15.0. The van der Waals surface area contributed by atoms with Crippen LogP contribution in [0.1, 0.15) is 18.9 Å². The molecule has 2 N–H and O–H groups in total. The standard InChI is InChI=1S/C17H26N4O3.HI/c1-4-8-18-17(20-11-16(22)21(2)3)19-9-7-13-5-6-14-15(10-13)24-12-23-14;/h5-6,10H,4,7-9,11-12H2,1-3H3,(H2,18,19,20);1H. The summed E-state index contributed by atoms with van der Waals surface area (Å²) in [6.07, 6.45) is 1.82. The second kappa shape index (κ2) is 11.0. The molecule has 0 radical (unpaired) electrons. The van der Waals surface area contributed by atoms with Crippen LogP contribution in [0, 0.1) is 0 Å². The van der Waals surface area contributed by atoms with Crippen LogP contribution in [0.2, 0.25) is 0 Å². The molecule has 140 valence electrons. The number of nitrogens with zero attached hydrogens (tertiary/aromatic N) is 2. The minimum Gasteiger partial charge on any atom is -0.454 e. The van der Waals surface area contributed by atoms with Crippen LogP contribution < -0.4 is 20.1 Å². The summed E-state index contributed by atoms with van der Waals surface area (Å²) < 4.78 is 10.7. The van der Waals surface area contributed by atoms with Crippen LogP contribution in [-0.2, 0) is 11.2 Å².